The van der Waals surface area contributed by atoms with Crippen molar-refractivity contribution < 1.29 is 5.11 Å². The quantitative estimate of drug-likeness (QED) is 0.624. The third kappa shape index (κ3) is 3.26. The van der Waals surface area contributed by atoms with Crippen molar-refractivity contribution in [3.8, 4) is 0 Å². The summed E-state index contributed by atoms with van der Waals surface area (Å²) in [5.74, 6) is 1.52. The highest BCUT2D eigenvalue weighted by Gasteiger charge is 2.28. The fraction of sp³-hybridized carbons (Fsp3) is 0.353. The van der Waals surface area contributed by atoms with Gasteiger partial charge in [-0.3, -0.25) is 5.41 Å². The van der Waals surface area contributed by atoms with E-state index in [0.717, 1.165) is 12.4 Å². The molecule has 4 heterocycles. The minimum absolute atomic E-state index is 0.216. The average Bonchev–Trinajstić information content (AvgIpc) is 3.24. The van der Waals surface area contributed by atoms with Gasteiger partial charge in [0.05, 0.1) is 23.7 Å². The molecule has 0 amide bonds. The smallest absolute Gasteiger partial charge is 0.183 e. The van der Waals surface area contributed by atoms with Gasteiger partial charge in [-0.25, -0.2) is 19.5 Å². The summed E-state index contributed by atoms with van der Waals surface area (Å²) >= 11 is 0. The molecular weight excluding hydrogens is 346 g/mol. The Hall–Kier alpha value is -3.27. The van der Waals surface area contributed by atoms with Crippen molar-refractivity contribution in [3.63, 3.8) is 0 Å². The first-order valence-corrected chi connectivity index (χ1v) is 8.80. The zero-order chi connectivity index (χ0) is 19.0. The Balaban J connectivity index is 1.72. The highest BCUT2D eigenvalue weighted by atomic mass is 16.3. The number of rotatable bonds is 3. The number of amidine groups is 2. The molecule has 1 saturated heterocycles. The Bertz CT molecular complexity index is 987. The van der Waals surface area contributed by atoms with Gasteiger partial charge in [-0.05, 0) is 25.5 Å². The first kappa shape index (κ1) is 17.2. The predicted octanol–water partition coefficient (Wildman–Crippen LogP) is 0.532. The molecule has 1 unspecified atom stereocenters. The minimum atomic E-state index is -0.405. The molecule has 10 nitrogen and oxygen atoms in total. The summed E-state index contributed by atoms with van der Waals surface area (Å²) in [5, 5.41) is 25.3. The van der Waals surface area contributed by atoms with E-state index in [4.69, 9.17) is 11.1 Å². The second-order valence-electron chi connectivity index (χ2n) is 6.41. The number of aliphatic imine (C=N–C) groups is 2. The minimum Gasteiger partial charge on any atom is -0.396 e. The lowest BCUT2D eigenvalue weighted by Crippen LogP contribution is -2.38. The van der Waals surface area contributed by atoms with Crippen molar-refractivity contribution in [2.45, 2.75) is 19.4 Å². The van der Waals surface area contributed by atoms with Crippen LogP contribution in [0.1, 0.15) is 13.3 Å². The van der Waals surface area contributed by atoms with Crippen molar-refractivity contribution in [1.82, 2.24) is 19.5 Å². The van der Waals surface area contributed by atoms with Crippen molar-refractivity contribution in [3.05, 3.63) is 30.2 Å². The summed E-state index contributed by atoms with van der Waals surface area (Å²) in [7, 11) is 0. The third-order valence-corrected chi connectivity index (χ3v) is 4.41. The predicted molar refractivity (Wildman–Crippen MR) is 104 cm³/mol. The fourth-order valence-corrected chi connectivity index (χ4v) is 3.10. The molecule has 10 heteroatoms. The Morgan fingerprint density at radius 3 is 3.07 bits per heavy atom. The van der Waals surface area contributed by atoms with Crippen LogP contribution in [-0.4, -0.2) is 67.7 Å². The van der Waals surface area contributed by atoms with Crippen LogP contribution in [0.4, 0.5) is 11.5 Å². The van der Waals surface area contributed by atoms with Crippen LogP contribution in [0.15, 0.2) is 40.2 Å². The molecule has 0 aliphatic carbocycles. The summed E-state index contributed by atoms with van der Waals surface area (Å²) in [5.41, 5.74) is 7.70. The number of aromatic nitrogens is 3. The number of nitrogens with two attached hydrogens (primary N) is 1. The molecule has 0 saturated carbocycles. The molecule has 0 spiro atoms. The zero-order valence-electron chi connectivity index (χ0n) is 14.9. The number of fused-ring (bicyclic) bond motifs is 1. The molecule has 2 aromatic heterocycles. The first-order valence-electron chi connectivity index (χ1n) is 8.80. The van der Waals surface area contributed by atoms with Gasteiger partial charge in [-0.2, -0.15) is 5.10 Å². The van der Waals surface area contributed by atoms with Gasteiger partial charge in [0.2, 0.25) is 0 Å². The molecule has 2 aliphatic rings. The molecule has 1 fully saturated rings. The summed E-state index contributed by atoms with van der Waals surface area (Å²) in [6, 6.07) is 1.84. The van der Waals surface area contributed by atoms with Crippen molar-refractivity contribution in [2.24, 2.45) is 15.7 Å². The number of anilines is 1. The van der Waals surface area contributed by atoms with Gasteiger partial charge in [0.25, 0.3) is 0 Å². The molecule has 1 atom stereocenters. The van der Waals surface area contributed by atoms with Gasteiger partial charge >= 0.3 is 0 Å². The number of dihydropyridines is 1. The molecular formula is C17H21N9O. The van der Waals surface area contributed by atoms with Crippen molar-refractivity contribution in [2.75, 3.05) is 25.0 Å². The van der Waals surface area contributed by atoms with Crippen LogP contribution in [0.2, 0.25) is 0 Å². The van der Waals surface area contributed by atoms with E-state index >= 15 is 0 Å². The number of aliphatic hydroxyl groups excluding tert-OH is 1. The van der Waals surface area contributed by atoms with Crippen LogP contribution in [0.3, 0.4) is 0 Å². The normalized spacial score (nSPS) is 21.7. The van der Waals surface area contributed by atoms with Gasteiger partial charge in [0.1, 0.15) is 11.5 Å². The summed E-state index contributed by atoms with van der Waals surface area (Å²) in [6.07, 6.45) is 5.20. The van der Waals surface area contributed by atoms with Gasteiger partial charge in [-0.15, -0.1) is 0 Å². The molecule has 4 rings (SSSR count). The molecule has 2 aromatic rings. The van der Waals surface area contributed by atoms with E-state index in [0.29, 0.717) is 48.2 Å². The lowest BCUT2D eigenvalue weighted by Gasteiger charge is -2.22. The summed E-state index contributed by atoms with van der Waals surface area (Å²) in [4.78, 5) is 15.4. The summed E-state index contributed by atoms with van der Waals surface area (Å²) < 4.78 is 1.63. The monoisotopic (exact) mass is 367 g/mol. The number of hydrogen-bond acceptors (Lipinski definition) is 8. The Morgan fingerprint density at radius 1 is 1.48 bits per heavy atom. The molecule has 0 bridgehead atoms. The maximum atomic E-state index is 9.77. The molecule has 27 heavy (non-hydrogen) atoms. The van der Waals surface area contributed by atoms with Crippen LogP contribution in [0.25, 0.3) is 5.65 Å². The molecule has 0 radical (unpaired) electrons. The van der Waals surface area contributed by atoms with Crippen molar-refractivity contribution >= 4 is 34.5 Å². The third-order valence-electron chi connectivity index (χ3n) is 4.41. The van der Waals surface area contributed by atoms with Gasteiger partial charge < -0.3 is 21.1 Å². The van der Waals surface area contributed by atoms with E-state index in [2.05, 4.69) is 25.4 Å². The van der Waals surface area contributed by atoms with Crippen LogP contribution in [-0.2, 0) is 0 Å². The zero-order valence-corrected chi connectivity index (χ0v) is 14.9. The Labute approximate surface area is 155 Å². The Morgan fingerprint density at radius 2 is 2.33 bits per heavy atom. The average molecular weight is 367 g/mol. The largest absolute Gasteiger partial charge is 0.396 e. The summed E-state index contributed by atoms with van der Waals surface area (Å²) in [6.45, 7) is 3.85. The number of nitrogens with zero attached hydrogens (tertiary/aromatic N) is 6. The maximum absolute atomic E-state index is 9.77. The highest BCUT2D eigenvalue weighted by molar-refractivity contribution is 6.48. The van der Waals surface area contributed by atoms with Crippen molar-refractivity contribution in [1.29, 1.82) is 5.41 Å². The lowest BCUT2D eigenvalue weighted by molar-refractivity contribution is 0.188. The number of β-amino-alcohol motifs (C(OH)–C–C–N with tert-alkyl or cyclic N) is 1. The van der Waals surface area contributed by atoms with Crippen LogP contribution < -0.4 is 11.1 Å². The van der Waals surface area contributed by atoms with E-state index in [1.807, 2.05) is 17.9 Å². The maximum Gasteiger partial charge on any atom is 0.183 e. The van der Waals surface area contributed by atoms with E-state index in [-0.39, 0.29) is 5.71 Å². The molecule has 5 N–H and O–H groups in total. The number of aliphatic hydroxyl groups is 1. The second kappa shape index (κ2) is 6.80. The molecule has 140 valence electrons. The topological polar surface area (TPSA) is 140 Å². The number of nitrogens with one attached hydrogen (secondary N) is 2. The van der Waals surface area contributed by atoms with E-state index in [1.165, 1.54) is 6.08 Å². The van der Waals surface area contributed by atoms with Gasteiger partial charge in [0, 0.05) is 25.8 Å². The molecule has 0 aromatic carbocycles. The van der Waals surface area contributed by atoms with Crippen LogP contribution in [0.5, 0.6) is 0 Å². The van der Waals surface area contributed by atoms with Crippen LogP contribution in [0, 0.1) is 5.41 Å². The van der Waals surface area contributed by atoms with E-state index in [1.54, 1.807) is 16.9 Å². The standard InChI is InChI=1S/C17H21N9O/c1-2-20-14-4-6-26-17(23-14)13(8-21-26)22-15-11(18)7-12(19)16(24-15)25-5-3-10(27)9-25/h4,6-8,10,19,27H,2-3,5,9,18H2,1H3,(H,20,23)/b19-12?,22-15-. The van der Waals surface area contributed by atoms with Gasteiger partial charge in [0.15, 0.2) is 17.3 Å². The number of hydrogen-bond donors (Lipinski definition) is 4. The number of likely N-dealkylation sites (tertiary alicyclic amines) is 1. The highest BCUT2D eigenvalue weighted by Crippen LogP contribution is 2.22. The van der Waals surface area contributed by atoms with Gasteiger partial charge in [-0.1, -0.05) is 0 Å². The van der Waals surface area contributed by atoms with E-state index < -0.39 is 6.10 Å². The second-order valence-corrected chi connectivity index (χ2v) is 6.41. The van der Waals surface area contributed by atoms with E-state index in [9.17, 15) is 5.11 Å². The first-order chi connectivity index (χ1) is 13.0. The van der Waals surface area contributed by atoms with Crippen LogP contribution >= 0.6 is 0 Å². The lowest BCUT2D eigenvalue weighted by atomic mass is 10.2. The molecule has 2 aliphatic heterocycles. The fourth-order valence-electron chi connectivity index (χ4n) is 3.10. The SMILES string of the molecule is CCNc1ccn2ncc(/N=C3\N=C(N4CCC(O)C4)C(=N)C=C3N)c2n1. The Kier molecular flexibility index (Phi) is 4.32.